The molecule has 19 heavy (non-hydrogen) atoms. The van der Waals surface area contributed by atoms with Crippen LogP contribution in [0, 0.1) is 0 Å². The maximum absolute atomic E-state index is 5.93. The number of pyridine rings is 1. The fourth-order valence-electron chi connectivity index (χ4n) is 3.30. The van der Waals surface area contributed by atoms with Gasteiger partial charge in [-0.05, 0) is 25.8 Å². The van der Waals surface area contributed by atoms with Crippen LogP contribution in [-0.2, 0) is 4.74 Å². The molecule has 2 unspecified atom stereocenters. The standard InChI is InChI=1S/C15H23N3O/c1-2-17-12-9-13(11-16-10-12)18-7-8-19-15-6-4-3-5-14(15)18/h9-11,14-15,17H,2-8H2,1H3. The van der Waals surface area contributed by atoms with Crippen molar-refractivity contribution in [1.29, 1.82) is 0 Å². The molecule has 2 atom stereocenters. The average molecular weight is 261 g/mol. The first-order valence-corrected chi connectivity index (χ1v) is 7.45. The smallest absolute Gasteiger partial charge is 0.0779 e. The van der Waals surface area contributed by atoms with Crippen LogP contribution in [0.1, 0.15) is 32.6 Å². The van der Waals surface area contributed by atoms with Crippen molar-refractivity contribution in [2.24, 2.45) is 0 Å². The van der Waals surface area contributed by atoms with E-state index in [0.29, 0.717) is 12.1 Å². The molecule has 1 saturated carbocycles. The van der Waals surface area contributed by atoms with Crippen molar-refractivity contribution < 1.29 is 4.74 Å². The molecule has 2 aliphatic rings. The molecule has 0 spiro atoms. The fraction of sp³-hybridized carbons (Fsp3) is 0.667. The van der Waals surface area contributed by atoms with Crippen LogP contribution in [0.2, 0.25) is 0 Å². The number of hydrogen-bond donors (Lipinski definition) is 1. The summed E-state index contributed by atoms with van der Waals surface area (Å²) < 4.78 is 5.93. The van der Waals surface area contributed by atoms with Gasteiger partial charge in [0.2, 0.25) is 0 Å². The summed E-state index contributed by atoms with van der Waals surface area (Å²) in [6.07, 6.45) is 9.39. The van der Waals surface area contributed by atoms with Gasteiger partial charge in [0.05, 0.1) is 42.5 Å². The third-order valence-electron chi connectivity index (χ3n) is 4.17. The number of nitrogens with one attached hydrogen (secondary N) is 1. The highest BCUT2D eigenvalue weighted by Gasteiger charge is 2.34. The van der Waals surface area contributed by atoms with Gasteiger partial charge in [-0.25, -0.2) is 0 Å². The first kappa shape index (κ1) is 12.7. The van der Waals surface area contributed by atoms with Crippen molar-refractivity contribution >= 4 is 11.4 Å². The number of rotatable bonds is 3. The first-order valence-electron chi connectivity index (χ1n) is 7.45. The van der Waals surface area contributed by atoms with E-state index in [-0.39, 0.29) is 0 Å². The molecule has 3 rings (SSSR count). The number of hydrogen-bond acceptors (Lipinski definition) is 4. The first-order chi connectivity index (χ1) is 9.38. The predicted molar refractivity (Wildman–Crippen MR) is 77.7 cm³/mol. The maximum atomic E-state index is 5.93. The Morgan fingerprint density at radius 2 is 2.26 bits per heavy atom. The lowest BCUT2D eigenvalue weighted by atomic mass is 9.90. The monoisotopic (exact) mass is 261 g/mol. The summed E-state index contributed by atoms with van der Waals surface area (Å²) in [5, 5.41) is 3.34. The van der Waals surface area contributed by atoms with Gasteiger partial charge in [-0.1, -0.05) is 12.8 Å². The molecule has 0 radical (unpaired) electrons. The second-order valence-electron chi connectivity index (χ2n) is 5.42. The molecule has 0 amide bonds. The van der Waals surface area contributed by atoms with Crippen LogP contribution in [0.25, 0.3) is 0 Å². The molecule has 2 fully saturated rings. The SMILES string of the molecule is CCNc1cncc(N2CCOC3CCCCC32)c1. The Kier molecular flexibility index (Phi) is 3.87. The van der Waals surface area contributed by atoms with E-state index in [1.807, 2.05) is 12.4 Å². The van der Waals surface area contributed by atoms with Crippen LogP contribution in [-0.4, -0.2) is 36.8 Å². The van der Waals surface area contributed by atoms with E-state index in [9.17, 15) is 0 Å². The summed E-state index contributed by atoms with van der Waals surface area (Å²) in [4.78, 5) is 6.87. The van der Waals surface area contributed by atoms with E-state index in [0.717, 1.165) is 25.4 Å². The van der Waals surface area contributed by atoms with E-state index in [1.54, 1.807) is 0 Å². The minimum absolute atomic E-state index is 0.422. The fourth-order valence-corrected chi connectivity index (χ4v) is 3.30. The lowest BCUT2D eigenvalue weighted by Crippen LogP contribution is -2.52. The third-order valence-corrected chi connectivity index (χ3v) is 4.17. The number of morpholine rings is 1. The van der Waals surface area contributed by atoms with Crippen LogP contribution in [0.4, 0.5) is 11.4 Å². The highest BCUT2D eigenvalue weighted by molar-refractivity contribution is 5.56. The summed E-state index contributed by atoms with van der Waals surface area (Å²) >= 11 is 0. The molecule has 4 nitrogen and oxygen atoms in total. The van der Waals surface area contributed by atoms with Crippen molar-refractivity contribution in [3.8, 4) is 0 Å². The number of aromatic nitrogens is 1. The van der Waals surface area contributed by atoms with E-state index in [1.165, 1.54) is 31.4 Å². The Bertz CT molecular complexity index is 422. The molecule has 1 saturated heterocycles. The van der Waals surface area contributed by atoms with Gasteiger partial charge in [-0.2, -0.15) is 0 Å². The second kappa shape index (κ2) is 5.78. The molecular weight excluding hydrogens is 238 g/mol. The van der Waals surface area contributed by atoms with Crippen LogP contribution in [0.5, 0.6) is 0 Å². The summed E-state index contributed by atoms with van der Waals surface area (Å²) in [6, 6.07) is 2.76. The van der Waals surface area contributed by atoms with Crippen molar-refractivity contribution in [1.82, 2.24) is 4.98 Å². The van der Waals surface area contributed by atoms with Gasteiger partial charge >= 0.3 is 0 Å². The molecule has 1 aromatic rings. The number of nitrogens with zero attached hydrogens (tertiary/aromatic N) is 2. The van der Waals surface area contributed by atoms with E-state index >= 15 is 0 Å². The predicted octanol–water partition coefficient (Wildman–Crippen LogP) is 2.66. The largest absolute Gasteiger partial charge is 0.384 e. The third kappa shape index (κ3) is 2.68. The van der Waals surface area contributed by atoms with Gasteiger partial charge in [-0.15, -0.1) is 0 Å². The lowest BCUT2D eigenvalue weighted by Gasteiger charge is -2.45. The molecule has 1 aliphatic carbocycles. The molecule has 2 heterocycles. The number of ether oxygens (including phenoxy) is 1. The van der Waals surface area contributed by atoms with Crippen molar-refractivity contribution in [2.45, 2.75) is 44.8 Å². The van der Waals surface area contributed by atoms with Gasteiger partial charge in [0, 0.05) is 13.1 Å². The Labute approximate surface area is 115 Å². The van der Waals surface area contributed by atoms with Crippen molar-refractivity contribution in [2.75, 3.05) is 29.9 Å². The Hall–Kier alpha value is -1.29. The Morgan fingerprint density at radius 1 is 1.37 bits per heavy atom. The van der Waals surface area contributed by atoms with Gasteiger partial charge in [0.15, 0.2) is 0 Å². The second-order valence-corrected chi connectivity index (χ2v) is 5.42. The molecule has 1 aliphatic heterocycles. The zero-order chi connectivity index (χ0) is 13.1. The van der Waals surface area contributed by atoms with Crippen LogP contribution in [0.3, 0.4) is 0 Å². The molecule has 1 aromatic heterocycles. The van der Waals surface area contributed by atoms with Crippen molar-refractivity contribution in [3.05, 3.63) is 18.5 Å². The maximum Gasteiger partial charge on any atom is 0.0779 e. The summed E-state index contributed by atoms with van der Waals surface area (Å²) in [5.41, 5.74) is 2.34. The normalized spacial score (nSPS) is 26.9. The molecule has 1 N–H and O–H groups in total. The summed E-state index contributed by atoms with van der Waals surface area (Å²) in [6.45, 7) is 4.86. The zero-order valence-electron chi connectivity index (χ0n) is 11.6. The van der Waals surface area contributed by atoms with Crippen molar-refractivity contribution in [3.63, 3.8) is 0 Å². The quantitative estimate of drug-likeness (QED) is 0.907. The minimum Gasteiger partial charge on any atom is -0.384 e. The highest BCUT2D eigenvalue weighted by Crippen LogP contribution is 2.32. The number of anilines is 2. The Morgan fingerprint density at radius 3 is 3.16 bits per heavy atom. The summed E-state index contributed by atoms with van der Waals surface area (Å²) in [7, 11) is 0. The molecule has 0 bridgehead atoms. The van der Waals surface area contributed by atoms with Crippen LogP contribution in [0.15, 0.2) is 18.5 Å². The zero-order valence-corrected chi connectivity index (χ0v) is 11.6. The molecule has 0 aromatic carbocycles. The minimum atomic E-state index is 0.422. The molecular formula is C15H23N3O. The van der Waals surface area contributed by atoms with Gasteiger partial charge in [0.1, 0.15) is 0 Å². The lowest BCUT2D eigenvalue weighted by molar-refractivity contribution is -0.00869. The number of fused-ring (bicyclic) bond motifs is 1. The van der Waals surface area contributed by atoms with Crippen LogP contribution >= 0.6 is 0 Å². The van der Waals surface area contributed by atoms with E-state index in [2.05, 4.69) is 28.2 Å². The van der Waals surface area contributed by atoms with Gasteiger partial charge in [0.25, 0.3) is 0 Å². The highest BCUT2D eigenvalue weighted by atomic mass is 16.5. The molecule has 4 heteroatoms. The molecule has 104 valence electrons. The Balaban J connectivity index is 1.81. The van der Waals surface area contributed by atoms with E-state index < -0.39 is 0 Å². The summed E-state index contributed by atoms with van der Waals surface area (Å²) in [5.74, 6) is 0. The topological polar surface area (TPSA) is 37.4 Å². The van der Waals surface area contributed by atoms with Crippen LogP contribution < -0.4 is 10.2 Å². The van der Waals surface area contributed by atoms with E-state index in [4.69, 9.17) is 4.74 Å². The van der Waals surface area contributed by atoms with Gasteiger partial charge < -0.3 is 15.0 Å². The van der Waals surface area contributed by atoms with Gasteiger partial charge in [-0.3, -0.25) is 4.98 Å². The average Bonchev–Trinajstić information content (AvgIpc) is 2.47.